The van der Waals surface area contributed by atoms with Gasteiger partial charge in [-0.25, -0.2) is 9.97 Å². The average Bonchev–Trinajstić information content (AvgIpc) is 2.29. The van der Waals surface area contributed by atoms with Gasteiger partial charge < -0.3 is 10.1 Å². The minimum absolute atomic E-state index is 0.291. The van der Waals surface area contributed by atoms with Crippen LogP contribution in [0.4, 0.5) is 5.82 Å². The molecule has 0 aromatic carbocycles. The van der Waals surface area contributed by atoms with Crippen molar-refractivity contribution in [3.8, 4) is 0 Å². The van der Waals surface area contributed by atoms with Crippen LogP contribution >= 0.6 is 11.6 Å². The van der Waals surface area contributed by atoms with Gasteiger partial charge in [0.1, 0.15) is 5.82 Å². The maximum Gasteiger partial charge on any atom is 0.224 e. The Hall–Kier alpha value is -0.910. The van der Waals surface area contributed by atoms with Crippen LogP contribution in [0, 0.1) is 6.92 Å². The van der Waals surface area contributed by atoms with E-state index in [1.807, 2.05) is 13.0 Å². The molecule has 1 fully saturated rings. The van der Waals surface area contributed by atoms with Crippen molar-refractivity contribution < 1.29 is 4.74 Å². The van der Waals surface area contributed by atoms with Crippen molar-refractivity contribution in [3.05, 3.63) is 17.0 Å². The van der Waals surface area contributed by atoms with Crippen molar-refractivity contribution in [1.29, 1.82) is 0 Å². The molecule has 0 amide bonds. The second kappa shape index (κ2) is 6.14. The van der Waals surface area contributed by atoms with Gasteiger partial charge >= 0.3 is 0 Å². The second-order valence-electron chi connectivity index (χ2n) is 4.04. The van der Waals surface area contributed by atoms with Crippen LogP contribution in [0.15, 0.2) is 6.07 Å². The number of nitrogens with one attached hydrogen (secondary N) is 1. The number of halogens is 1. The molecule has 2 heterocycles. The van der Waals surface area contributed by atoms with Crippen LogP contribution in [0.5, 0.6) is 0 Å². The first-order valence-electron chi connectivity index (χ1n) is 5.79. The van der Waals surface area contributed by atoms with E-state index in [9.17, 15) is 0 Å². The van der Waals surface area contributed by atoms with E-state index in [0.29, 0.717) is 5.28 Å². The minimum atomic E-state index is 0.291. The summed E-state index contributed by atoms with van der Waals surface area (Å²) < 4.78 is 5.30. The molecule has 6 heteroatoms. The lowest BCUT2D eigenvalue weighted by Crippen LogP contribution is -2.39. The zero-order valence-electron chi connectivity index (χ0n) is 9.95. The summed E-state index contributed by atoms with van der Waals surface area (Å²) >= 11 is 5.79. The maximum absolute atomic E-state index is 5.79. The number of morpholine rings is 1. The average molecular weight is 257 g/mol. The molecule has 0 atom stereocenters. The van der Waals surface area contributed by atoms with Crippen LogP contribution in [-0.2, 0) is 4.74 Å². The fraction of sp³-hybridized carbons (Fsp3) is 0.636. The molecule has 0 bridgehead atoms. The largest absolute Gasteiger partial charge is 0.379 e. The van der Waals surface area contributed by atoms with Crippen molar-refractivity contribution >= 4 is 17.4 Å². The van der Waals surface area contributed by atoms with E-state index in [4.69, 9.17) is 16.3 Å². The summed E-state index contributed by atoms with van der Waals surface area (Å²) in [6.07, 6.45) is 0. The van der Waals surface area contributed by atoms with Crippen LogP contribution in [0.1, 0.15) is 5.69 Å². The van der Waals surface area contributed by atoms with Crippen molar-refractivity contribution in [2.45, 2.75) is 6.92 Å². The third-order valence-electron chi connectivity index (χ3n) is 2.66. The van der Waals surface area contributed by atoms with E-state index in [0.717, 1.165) is 50.9 Å². The Morgan fingerprint density at radius 1 is 1.41 bits per heavy atom. The molecule has 5 nitrogen and oxygen atoms in total. The number of hydrogen-bond donors (Lipinski definition) is 1. The SMILES string of the molecule is Cc1cc(NCCN2CCOCC2)nc(Cl)n1. The first kappa shape index (κ1) is 12.5. The Bertz CT molecular complexity index is 348. The number of aryl methyl sites for hydroxylation is 1. The van der Waals surface area contributed by atoms with Gasteiger partial charge in [0.25, 0.3) is 0 Å². The highest BCUT2D eigenvalue weighted by Gasteiger charge is 2.09. The maximum atomic E-state index is 5.79. The van der Waals surface area contributed by atoms with E-state index in [-0.39, 0.29) is 0 Å². The zero-order valence-corrected chi connectivity index (χ0v) is 10.7. The molecule has 1 aromatic rings. The molecule has 17 heavy (non-hydrogen) atoms. The van der Waals surface area contributed by atoms with Gasteiger partial charge in [0.2, 0.25) is 5.28 Å². The zero-order chi connectivity index (χ0) is 12.1. The van der Waals surface area contributed by atoms with E-state index >= 15 is 0 Å². The van der Waals surface area contributed by atoms with Crippen molar-refractivity contribution in [2.75, 3.05) is 44.7 Å². The second-order valence-corrected chi connectivity index (χ2v) is 4.38. The van der Waals surface area contributed by atoms with E-state index in [1.165, 1.54) is 0 Å². The van der Waals surface area contributed by atoms with Gasteiger partial charge in [-0.05, 0) is 18.5 Å². The van der Waals surface area contributed by atoms with E-state index in [1.54, 1.807) is 0 Å². The third kappa shape index (κ3) is 4.11. The molecule has 94 valence electrons. The summed E-state index contributed by atoms with van der Waals surface area (Å²) in [6.45, 7) is 7.42. The predicted molar refractivity (Wildman–Crippen MR) is 67.5 cm³/mol. The van der Waals surface area contributed by atoms with E-state index < -0.39 is 0 Å². The van der Waals surface area contributed by atoms with Crippen LogP contribution in [0.3, 0.4) is 0 Å². The first-order valence-corrected chi connectivity index (χ1v) is 6.17. The highest BCUT2D eigenvalue weighted by Crippen LogP contribution is 2.09. The molecule has 1 aliphatic rings. The summed E-state index contributed by atoms with van der Waals surface area (Å²) in [5.41, 5.74) is 0.874. The number of anilines is 1. The Labute approximate surface area is 106 Å². The van der Waals surface area contributed by atoms with Gasteiger partial charge in [0, 0.05) is 37.9 Å². The van der Waals surface area contributed by atoms with E-state index in [2.05, 4.69) is 20.2 Å². The van der Waals surface area contributed by atoms with Gasteiger partial charge in [-0.15, -0.1) is 0 Å². The Morgan fingerprint density at radius 3 is 2.88 bits per heavy atom. The molecule has 1 saturated heterocycles. The Morgan fingerprint density at radius 2 is 2.18 bits per heavy atom. The van der Waals surface area contributed by atoms with Gasteiger partial charge in [-0.2, -0.15) is 0 Å². The number of rotatable bonds is 4. The number of hydrogen-bond acceptors (Lipinski definition) is 5. The lowest BCUT2D eigenvalue weighted by atomic mass is 10.4. The quantitative estimate of drug-likeness (QED) is 0.820. The molecule has 1 aliphatic heterocycles. The lowest BCUT2D eigenvalue weighted by molar-refractivity contribution is 0.0398. The van der Waals surface area contributed by atoms with Crippen LogP contribution in [0.25, 0.3) is 0 Å². The molecular formula is C11H17ClN4O. The van der Waals surface area contributed by atoms with Crippen molar-refractivity contribution in [3.63, 3.8) is 0 Å². The molecule has 1 N–H and O–H groups in total. The monoisotopic (exact) mass is 256 g/mol. The summed E-state index contributed by atoms with van der Waals surface area (Å²) in [4.78, 5) is 10.5. The molecule has 0 saturated carbocycles. The van der Waals surface area contributed by atoms with Gasteiger partial charge in [0.05, 0.1) is 13.2 Å². The standard InChI is InChI=1S/C11H17ClN4O/c1-9-8-10(15-11(12)14-9)13-2-3-16-4-6-17-7-5-16/h8H,2-7H2,1H3,(H,13,14,15). The topological polar surface area (TPSA) is 50.3 Å². The molecule has 0 radical (unpaired) electrons. The summed E-state index contributed by atoms with van der Waals surface area (Å²) in [5, 5.41) is 3.55. The predicted octanol–water partition coefficient (Wildman–Crippen LogP) is 1.18. The van der Waals surface area contributed by atoms with Crippen molar-refractivity contribution in [2.24, 2.45) is 0 Å². The van der Waals surface area contributed by atoms with Gasteiger partial charge in [-0.1, -0.05) is 0 Å². The molecule has 0 unspecified atom stereocenters. The molecular weight excluding hydrogens is 240 g/mol. The van der Waals surface area contributed by atoms with Crippen LogP contribution in [-0.4, -0.2) is 54.3 Å². The third-order valence-corrected chi connectivity index (χ3v) is 2.83. The summed E-state index contributed by atoms with van der Waals surface area (Å²) in [6, 6.07) is 1.89. The Balaban J connectivity index is 1.77. The molecule has 2 rings (SSSR count). The first-order chi connectivity index (χ1) is 8.24. The van der Waals surface area contributed by atoms with Gasteiger partial charge in [0.15, 0.2) is 0 Å². The highest BCUT2D eigenvalue weighted by molar-refractivity contribution is 6.28. The smallest absolute Gasteiger partial charge is 0.224 e. The summed E-state index contributed by atoms with van der Waals surface area (Å²) in [7, 11) is 0. The Kier molecular flexibility index (Phi) is 4.53. The highest BCUT2D eigenvalue weighted by atomic mass is 35.5. The molecule has 0 aliphatic carbocycles. The summed E-state index contributed by atoms with van der Waals surface area (Å²) in [5.74, 6) is 0.788. The van der Waals surface area contributed by atoms with Gasteiger partial charge in [-0.3, -0.25) is 4.90 Å². The van der Waals surface area contributed by atoms with Crippen LogP contribution in [0.2, 0.25) is 5.28 Å². The number of nitrogens with zero attached hydrogens (tertiary/aromatic N) is 3. The minimum Gasteiger partial charge on any atom is -0.379 e. The fourth-order valence-corrected chi connectivity index (χ4v) is 2.01. The fourth-order valence-electron chi connectivity index (χ4n) is 1.79. The molecule has 0 spiro atoms. The normalized spacial score (nSPS) is 17.1. The lowest BCUT2D eigenvalue weighted by Gasteiger charge is -2.26. The molecule has 1 aromatic heterocycles. The number of aromatic nitrogens is 2. The van der Waals surface area contributed by atoms with Crippen LogP contribution < -0.4 is 5.32 Å². The van der Waals surface area contributed by atoms with Crippen molar-refractivity contribution in [1.82, 2.24) is 14.9 Å². The number of ether oxygens (including phenoxy) is 1.